The zero-order chi connectivity index (χ0) is 13.2. The number of hydrogen-bond donors (Lipinski definition) is 1. The molecular weight excluding hydrogens is 216 g/mol. The van der Waals surface area contributed by atoms with Crippen molar-refractivity contribution in [2.45, 2.75) is 53.0 Å². The molecule has 4 nitrogen and oxygen atoms in total. The summed E-state index contributed by atoms with van der Waals surface area (Å²) in [5.74, 6) is 0.187. The maximum Gasteiger partial charge on any atom is 0.235 e. The predicted octanol–water partition coefficient (Wildman–Crippen LogP) is 1.54. The zero-order valence-electron chi connectivity index (χ0n) is 11.3. The molecule has 2 N–H and O–H groups in total. The lowest BCUT2D eigenvalue weighted by Crippen LogP contribution is -2.45. The van der Waals surface area contributed by atoms with Gasteiger partial charge >= 0.3 is 0 Å². The Morgan fingerprint density at radius 3 is 2.18 bits per heavy atom. The van der Waals surface area contributed by atoms with E-state index in [0.717, 1.165) is 12.8 Å². The maximum atomic E-state index is 12.3. The van der Waals surface area contributed by atoms with Crippen LogP contribution in [-0.2, 0) is 9.59 Å². The van der Waals surface area contributed by atoms with Gasteiger partial charge < -0.3 is 5.73 Å². The summed E-state index contributed by atoms with van der Waals surface area (Å²) in [4.78, 5) is 25.6. The zero-order valence-corrected chi connectivity index (χ0v) is 11.3. The summed E-state index contributed by atoms with van der Waals surface area (Å²) in [7, 11) is 0. The van der Waals surface area contributed by atoms with Crippen molar-refractivity contribution < 1.29 is 9.59 Å². The van der Waals surface area contributed by atoms with Crippen LogP contribution in [-0.4, -0.2) is 29.3 Å². The van der Waals surface area contributed by atoms with Crippen LogP contribution >= 0.6 is 0 Å². The first kappa shape index (κ1) is 14.2. The molecule has 1 atom stereocenters. The third-order valence-electron chi connectivity index (χ3n) is 4.09. The van der Waals surface area contributed by atoms with Gasteiger partial charge in [0.25, 0.3) is 0 Å². The Labute approximate surface area is 104 Å². The largest absolute Gasteiger partial charge is 0.326 e. The van der Waals surface area contributed by atoms with Gasteiger partial charge in [0.1, 0.15) is 0 Å². The molecule has 1 heterocycles. The van der Waals surface area contributed by atoms with Crippen molar-refractivity contribution in [3.05, 3.63) is 0 Å². The molecule has 0 aromatic heterocycles. The molecule has 1 fully saturated rings. The highest BCUT2D eigenvalue weighted by Gasteiger charge is 2.49. The van der Waals surface area contributed by atoms with E-state index in [4.69, 9.17) is 5.73 Å². The van der Waals surface area contributed by atoms with Gasteiger partial charge in [-0.3, -0.25) is 14.5 Å². The SMILES string of the molecule is CCC1(CC)CC(=O)N(CC(N)C(C)C)C1=O. The molecule has 0 aromatic rings. The fourth-order valence-corrected chi connectivity index (χ4v) is 2.27. The highest BCUT2D eigenvalue weighted by atomic mass is 16.2. The first-order valence-corrected chi connectivity index (χ1v) is 6.48. The van der Waals surface area contributed by atoms with Gasteiger partial charge in [-0.05, 0) is 18.8 Å². The van der Waals surface area contributed by atoms with E-state index in [-0.39, 0.29) is 23.8 Å². The lowest BCUT2D eigenvalue weighted by Gasteiger charge is -2.26. The van der Waals surface area contributed by atoms with Gasteiger partial charge in [0, 0.05) is 19.0 Å². The molecule has 0 bridgehead atoms. The van der Waals surface area contributed by atoms with Gasteiger partial charge in [0.05, 0.1) is 5.41 Å². The molecule has 1 aliphatic heterocycles. The molecule has 1 saturated heterocycles. The molecule has 1 aliphatic rings. The molecule has 2 amide bonds. The van der Waals surface area contributed by atoms with Crippen LogP contribution < -0.4 is 5.73 Å². The van der Waals surface area contributed by atoms with E-state index in [0.29, 0.717) is 13.0 Å². The summed E-state index contributed by atoms with van der Waals surface area (Å²) in [6.45, 7) is 8.31. The number of imide groups is 1. The van der Waals surface area contributed by atoms with Crippen molar-refractivity contribution in [1.29, 1.82) is 0 Å². The Kier molecular flexibility index (Phi) is 4.31. The van der Waals surface area contributed by atoms with E-state index in [1.807, 2.05) is 27.7 Å². The Hall–Kier alpha value is -0.900. The summed E-state index contributed by atoms with van der Waals surface area (Å²) in [5, 5.41) is 0. The second kappa shape index (κ2) is 5.17. The Bertz CT molecular complexity index is 309. The minimum Gasteiger partial charge on any atom is -0.326 e. The molecule has 98 valence electrons. The Morgan fingerprint density at radius 2 is 1.82 bits per heavy atom. The van der Waals surface area contributed by atoms with Crippen LogP contribution in [0.3, 0.4) is 0 Å². The van der Waals surface area contributed by atoms with Crippen molar-refractivity contribution >= 4 is 11.8 Å². The topological polar surface area (TPSA) is 63.4 Å². The summed E-state index contributed by atoms with van der Waals surface area (Å²) >= 11 is 0. The van der Waals surface area contributed by atoms with Crippen molar-refractivity contribution in [2.24, 2.45) is 17.1 Å². The Balaban J connectivity index is 2.82. The number of amides is 2. The lowest BCUT2D eigenvalue weighted by molar-refractivity contribution is -0.142. The number of carbonyl (C=O) groups excluding carboxylic acids is 2. The fourth-order valence-electron chi connectivity index (χ4n) is 2.27. The van der Waals surface area contributed by atoms with Crippen LogP contribution in [0, 0.1) is 11.3 Å². The average molecular weight is 240 g/mol. The average Bonchev–Trinajstić information content (AvgIpc) is 2.53. The van der Waals surface area contributed by atoms with Crippen molar-refractivity contribution in [2.75, 3.05) is 6.54 Å². The highest BCUT2D eigenvalue weighted by Crippen LogP contribution is 2.39. The third-order valence-corrected chi connectivity index (χ3v) is 4.09. The normalized spacial score (nSPS) is 21.4. The Morgan fingerprint density at radius 1 is 1.29 bits per heavy atom. The van der Waals surface area contributed by atoms with Crippen LogP contribution in [0.4, 0.5) is 0 Å². The standard InChI is InChI=1S/C13H24N2O2/c1-5-13(6-2)7-11(16)15(12(13)17)8-10(14)9(3)4/h9-10H,5-8,14H2,1-4H3. The summed E-state index contributed by atoms with van der Waals surface area (Å²) in [6, 6.07) is -0.132. The number of likely N-dealkylation sites (tertiary alicyclic amines) is 1. The van der Waals surface area contributed by atoms with Crippen LogP contribution in [0.1, 0.15) is 47.0 Å². The van der Waals surface area contributed by atoms with Crippen molar-refractivity contribution in [1.82, 2.24) is 4.90 Å². The molecule has 0 aromatic carbocycles. The minimum atomic E-state index is -0.465. The molecule has 17 heavy (non-hydrogen) atoms. The van der Waals surface area contributed by atoms with Crippen LogP contribution in [0.5, 0.6) is 0 Å². The van der Waals surface area contributed by atoms with Crippen molar-refractivity contribution in [3.8, 4) is 0 Å². The molecule has 0 saturated carbocycles. The molecule has 1 unspecified atom stereocenters. The van der Waals surface area contributed by atoms with E-state index in [1.165, 1.54) is 4.90 Å². The van der Waals surface area contributed by atoms with Gasteiger partial charge in [-0.25, -0.2) is 0 Å². The molecule has 0 aliphatic carbocycles. The number of hydrogen-bond acceptors (Lipinski definition) is 3. The fraction of sp³-hybridized carbons (Fsp3) is 0.846. The van der Waals surface area contributed by atoms with Crippen LogP contribution in [0.25, 0.3) is 0 Å². The van der Waals surface area contributed by atoms with Gasteiger partial charge in [-0.15, -0.1) is 0 Å². The molecule has 0 radical (unpaired) electrons. The monoisotopic (exact) mass is 240 g/mol. The number of rotatable bonds is 5. The second-order valence-electron chi connectivity index (χ2n) is 5.38. The number of carbonyl (C=O) groups is 2. The van der Waals surface area contributed by atoms with Crippen molar-refractivity contribution in [3.63, 3.8) is 0 Å². The van der Waals surface area contributed by atoms with Gasteiger partial charge in [-0.2, -0.15) is 0 Å². The summed E-state index contributed by atoms with van der Waals surface area (Å²) in [6.07, 6.45) is 1.80. The highest BCUT2D eigenvalue weighted by molar-refractivity contribution is 6.05. The maximum absolute atomic E-state index is 12.3. The van der Waals surface area contributed by atoms with Gasteiger partial charge in [-0.1, -0.05) is 27.7 Å². The van der Waals surface area contributed by atoms with E-state index in [2.05, 4.69) is 0 Å². The van der Waals surface area contributed by atoms with E-state index >= 15 is 0 Å². The number of nitrogens with two attached hydrogens (primary N) is 1. The first-order valence-electron chi connectivity index (χ1n) is 6.48. The molecular formula is C13H24N2O2. The summed E-state index contributed by atoms with van der Waals surface area (Å²) in [5.41, 5.74) is 5.48. The first-order chi connectivity index (χ1) is 7.88. The molecule has 4 heteroatoms. The summed E-state index contributed by atoms with van der Waals surface area (Å²) < 4.78 is 0. The van der Waals surface area contributed by atoms with Crippen LogP contribution in [0.15, 0.2) is 0 Å². The van der Waals surface area contributed by atoms with Gasteiger partial charge in [0.15, 0.2) is 0 Å². The second-order valence-corrected chi connectivity index (χ2v) is 5.38. The third kappa shape index (κ3) is 2.51. The molecule has 1 rings (SSSR count). The van der Waals surface area contributed by atoms with Gasteiger partial charge in [0.2, 0.25) is 11.8 Å². The quantitative estimate of drug-likeness (QED) is 0.741. The van der Waals surface area contributed by atoms with E-state index < -0.39 is 5.41 Å². The lowest BCUT2D eigenvalue weighted by atomic mass is 9.81. The molecule has 0 spiro atoms. The van der Waals surface area contributed by atoms with Crippen LogP contribution in [0.2, 0.25) is 0 Å². The number of nitrogens with zero attached hydrogens (tertiary/aromatic N) is 1. The van der Waals surface area contributed by atoms with E-state index in [1.54, 1.807) is 0 Å². The minimum absolute atomic E-state index is 0.0244. The smallest absolute Gasteiger partial charge is 0.235 e. The predicted molar refractivity (Wildman–Crippen MR) is 67.2 cm³/mol. The van der Waals surface area contributed by atoms with E-state index in [9.17, 15) is 9.59 Å².